The smallest absolute Gasteiger partial charge is 0.102 e. The molecule has 2 N–H and O–H groups in total. The quantitative estimate of drug-likeness (QED) is 0.803. The zero-order valence-corrected chi connectivity index (χ0v) is 9.70. The van der Waals surface area contributed by atoms with Gasteiger partial charge in [0.05, 0.1) is 6.61 Å². The molecule has 1 atom stereocenters. The molecule has 88 valence electrons. The fourth-order valence-corrected chi connectivity index (χ4v) is 2.00. The standard InChI is InChI=1S/C13H19NO2/c1-11-3-2-4-12(7-11)8-14-9-13(15)5-6-16-10-13/h2-4,7,14-15H,5-6,8-10H2,1H3. The van der Waals surface area contributed by atoms with Crippen LogP contribution in [-0.4, -0.2) is 30.5 Å². The van der Waals surface area contributed by atoms with E-state index in [0.29, 0.717) is 19.8 Å². The number of rotatable bonds is 4. The van der Waals surface area contributed by atoms with E-state index in [1.807, 2.05) is 0 Å². The molecular weight excluding hydrogens is 202 g/mol. The van der Waals surface area contributed by atoms with Gasteiger partial charge in [-0.3, -0.25) is 0 Å². The van der Waals surface area contributed by atoms with Gasteiger partial charge in [-0.15, -0.1) is 0 Å². The van der Waals surface area contributed by atoms with E-state index in [1.54, 1.807) is 0 Å². The van der Waals surface area contributed by atoms with Crippen LogP contribution in [0.5, 0.6) is 0 Å². The molecule has 0 amide bonds. The van der Waals surface area contributed by atoms with Crippen molar-refractivity contribution in [3.05, 3.63) is 35.4 Å². The van der Waals surface area contributed by atoms with E-state index < -0.39 is 5.60 Å². The molecule has 1 unspecified atom stereocenters. The van der Waals surface area contributed by atoms with Crippen LogP contribution < -0.4 is 5.32 Å². The third-order valence-corrected chi connectivity index (χ3v) is 2.95. The predicted molar refractivity (Wildman–Crippen MR) is 63.3 cm³/mol. The molecule has 1 aliphatic heterocycles. The van der Waals surface area contributed by atoms with Crippen LogP contribution in [0.25, 0.3) is 0 Å². The van der Waals surface area contributed by atoms with Gasteiger partial charge < -0.3 is 15.2 Å². The number of aliphatic hydroxyl groups is 1. The topological polar surface area (TPSA) is 41.5 Å². The lowest BCUT2D eigenvalue weighted by molar-refractivity contribution is 0.0268. The van der Waals surface area contributed by atoms with Crippen LogP contribution in [0.15, 0.2) is 24.3 Å². The Kier molecular flexibility index (Phi) is 3.59. The minimum atomic E-state index is -0.663. The molecule has 0 radical (unpaired) electrons. The number of hydrogen-bond donors (Lipinski definition) is 2. The lowest BCUT2D eigenvalue weighted by Crippen LogP contribution is -2.40. The molecule has 0 aliphatic carbocycles. The molecule has 1 aromatic rings. The van der Waals surface area contributed by atoms with Crippen molar-refractivity contribution >= 4 is 0 Å². The Morgan fingerprint density at radius 3 is 3.06 bits per heavy atom. The average Bonchev–Trinajstić information content (AvgIpc) is 2.65. The summed E-state index contributed by atoms with van der Waals surface area (Å²) in [4.78, 5) is 0. The summed E-state index contributed by atoms with van der Waals surface area (Å²) >= 11 is 0. The summed E-state index contributed by atoms with van der Waals surface area (Å²) in [5.41, 5.74) is 1.86. The monoisotopic (exact) mass is 221 g/mol. The van der Waals surface area contributed by atoms with Crippen molar-refractivity contribution in [3.8, 4) is 0 Å². The van der Waals surface area contributed by atoms with Crippen LogP contribution in [-0.2, 0) is 11.3 Å². The molecule has 1 fully saturated rings. The second-order valence-corrected chi connectivity index (χ2v) is 4.62. The second kappa shape index (κ2) is 4.95. The summed E-state index contributed by atoms with van der Waals surface area (Å²) in [6.07, 6.45) is 0.730. The molecule has 1 aliphatic rings. The Labute approximate surface area is 96.4 Å². The van der Waals surface area contributed by atoms with Crippen molar-refractivity contribution in [3.63, 3.8) is 0 Å². The Morgan fingerprint density at radius 1 is 1.50 bits per heavy atom. The van der Waals surface area contributed by atoms with Crippen molar-refractivity contribution in [1.82, 2.24) is 5.32 Å². The third-order valence-electron chi connectivity index (χ3n) is 2.95. The Hall–Kier alpha value is -0.900. The van der Waals surface area contributed by atoms with E-state index in [1.165, 1.54) is 11.1 Å². The summed E-state index contributed by atoms with van der Waals surface area (Å²) in [5.74, 6) is 0. The van der Waals surface area contributed by atoms with Crippen molar-refractivity contribution in [1.29, 1.82) is 0 Å². The molecule has 1 heterocycles. The highest BCUT2D eigenvalue weighted by molar-refractivity contribution is 5.21. The van der Waals surface area contributed by atoms with Gasteiger partial charge in [0.1, 0.15) is 5.60 Å². The lowest BCUT2D eigenvalue weighted by atomic mass is 10.0. The number of ether oxygens (including phenoxy) is 1. The minimum absolute atomic E-state index is 0.452. The van der Waals surface area contributed by atoms with Crippen molar-refractivity contribution < 1.29 is 9.84 Å². The molecule has 0 bridgehead atoms. The van der Waals surface area contributed by atoms with Gasteiger partial charge in [-0.05, 0) is 12.5 Å². The normalized spacial score (nSPS) is 24.9. The van der Waals surface area contributed by atoms with Crippen LogP contribution in [0.2, 0.25) is 0 Å². The van der Waals surface area contributed by atoms with E-state index in [-0.39, 0.29) is 0 Å². The zero-order valence-electron chi connectivity index (χ0n) is 9.70. The second-order valence-electron chi connectivity index (χ2n) is 4.62. The molecule has 0 saturated carbocycles. The summed E-state index contributed by atoms with van der Waals surface area (Å²) < 4.78 is 5.19. The first-order chi connectivity index (χ1) is 7.68. The SMILES string of the molecule is Cc1cccc(CNCC2(O)CCOC2)c1. The number of aryl methyl sites for hydroxylation is 1. The first kappa shape index (κ1) is 11.6. The Morgan fingerprint density at radius 2 is 2.38 bits per heavy atom. The molecule has 1 saturated heterocycles. The first-order valence-corrected chi connectivity index (χ1v) is 5.74. The van der Waals surface area contributed by atoms with Crippen LogP contribution in [0.4, 0.5) is 0 Å². The molecule has 16 heavy (non-hydrogen) atoms. The van der Waals surface area contributed by atoms with Crippen molar-refractivity contribution in [2.45, 2.75) is 25.5 Å². The Balaban J connectivity index is 1.79. The molecule has 1 aromatic carbocycles. The van der Waals surface area contributed by atoms with Gasteiger partial charge in [0.15, 0.2) is 0 Å². The molecule has 3 heteroatoms. The fraction of sp³-hybridized carbons (Fsp3) is 0.538. The van der Waals surface area contributed by atoms with E-state index in [0.717, 1.165) is 13.0 Å². The molecular formula is C13H19NO2. The van der Waals surface area contributed by atoms with E-state index in [4.69, 9.17) is 4.74 Å². The number of hydrogen-bond acceptors (Lipinski definition) is 3. The number of benzene rings is 1. The summed E-state index contributed by atoms with van der Waals surface area (Å²) in [6, 6.07) is 8.39. The summed E-state index contributed by atoms with van der Waals surface area (Å²) in [5, 5.41) is 13.3. The maximum atomic E-state index is 10.0. The van der Waals surface area contributed by atoms with Gasteiger partial charge in [0.25, 0.3) is 0 Å². The minimum Gasteiger partial charge on any atom is -0.386 e. The van der Waals surface area contributed by atoms with Gasteiger partial charge >= 0.3 is 0 Å². The predicted octanol–water partition coefficient (Wildman–Crippen LogP) is 1.24. The van der Waals surface area contributed by atoms with Crippen LogP contribution in [0.1, 0.15) is 17.5 Å². The van der Waals surface area contributed by atoms with Crippen molar-refractivity contribution in [2.24, 2.45) is 0 Å². The summed E-state index contributed by atoms with van der Waals surface area (Å²) in [6.45, 7) is 4.60. The Bertz CT molecular complexity index is 346. The van der Waals surface area contributed by atoms with Crippen LogP contribution >= 0.6 is 0 Å². The highest BCUT2D eigenvalue weighted by Crippen LogP contribution is 2.17. The molecule has 3 nitrogen and oxygen atoms in total. The number of nitrogens with one attached hydrogen (secondary N) is 1. The van der Waals surface area contributed by atoms with Gasteiger partial charge in [-0.2, -0.15) is 0 Å². The van der Waals surface area contributed by atoms with E-state index in [9.17, 15) is 5.11 Å². The average molecular weight is 221 g/mol. The van der Waals surface area contributed by atoms with E-state index >= 15 is 0 Å². The van der Waals surface area contributed by atoms with Crippen molar-refractivity contribution in [2.75, 3.05) is 19.8 Å². The van der Waals surface area contributed by atoms with Gasteiger partial charge in [-0.1, -0.05) is 29.8 Å². The van der Waals surface area contributed by atoms with Gasteiger partial charge in [0.2, 0.25) is 0 Å². The van der Waals surface area contributed by atoms with Gasteiger partial charge in [0, 0.05) is 26.1 Å². The maximum Gasteiger partial charge on any atom is 0.102 e. The fourth-order valence-electron chi connectivity index (χ4n) is 2.00. The lowest BCUT2D eigenvalue weighted by Gasteiger charge is -2.20. The van der Waals surface area contributed by atoms with Crippen LogP contribution in [0, 0.1) is 6.92 Å². The molecule has 0 aromatic heterocycles. The largest absolute Gasteiger partial charge is 0.386 e. The highest BCUT2D eigenvalue weighted by Gasteiger charge is 2.31. The van der Waals surface area contributed by atoms with E-state index in [2.05, 4.69) is 36.5 Å². The molecule has 0 spiro atoms. The third kappa shape index (κ3) is 3.04. The highest BCUT2D eigenvalue weighted by atomic mass is 16.5. The summed E-state index contributed by atoms with van der Waals surface area (Å²) in [7, 11) is 0. The zero-order chi connectivity index (χ0) is 11.4. The van der Waals surface area contributed by atoms with Gasteiger partial charge in [-0.25, -0.2) is 0 Å². The molecule has 2 rings (SSSR count). The first-order valence-electron chi connectivity index (χ1n) is 5.74. The maximum absolute atomic E-state index is 10.0. The van der Waals surface area contributed by atoms with Crippen LogP contribution in [0.3, 0.4) is 0 Å².